The van der Waals surface area contributed by atoms with Crippen LogP contribution in [0.5, 0.6) is 0 Å². The van der Waals surface area contributed by atoms with Gasteiger partial charge in [-0.1, -0.05) is 13.3 Å². The molecule has 2 nitrogen and oxygen atoms in total. The maximum atomic E-state index is 4.56. The molecule has 0 aromatic rings. The molecule has 1 heterocycles. The highest BCUT2D eigenvalue weighted by Crippen LogP contribution is 2.11. The van der Waals surface area contributed by atoms with Gasteiger partial charge in [-0.15, -0.1) is 0 Å². The summed E-state index contributed by atoms with van der Waals surface area (Å²) in [5.41, 5.74) is 0.211. The van der Waals surface area contributed by atoms with E-state index < -0.39 is 0 Å². The molecule has 0 spiro atoms. The predicted octanol–water partition coefficient (Wildman–Crippen LogP) is 2.74. The number of nitrogens with one attached hydrogen (secondary N) is 1. The molecule has 0 amide bonds. The van der Waals surface area contributed by atoms with Crippen molar-refractivity contribution in [2.45, 2.75) is 58.4 Å². The van der Waals surface area contributed by atoms with Crippen molar-refractivity contribution >= 4 is 5.84 Å². The molecular weight excluding hydrogens is 160 g/mol. The molecule has 1 N–H and O–H groups in total. The first kappa shape index (κ1) is 10.6. The van der Waals surface area contributed by atoms with Gasteiger partial charge in [0, 0.05) is 18.5 Å². The number of amidine groups is 1. The Morgan fingerprint density at radius 2 is 2.08 bits per heavy atom. The maximum absolute atomic E-state index is 4.56. The molecule has 0 saturated heterocycles. The minimum Gasteiger partial charge on any atom is -0.369 e. The minimum absolute atomic E-state index is 0.211. The number of nitrogens with zero attached hydrogens (tertiary/aromatic N) is 1. The predicted molar refractivity (Wildman–Crippen MR) is 58.3 cm³/mol. The molecule has 0 aromatic heterocycles. The van der Waals surface area contributed by atoms with Crippen LogP contribution in [0.2, 0.25) is 0 Å². The maximum Gasteiger partial charge on any atom is 0.0967 e. The fourth-order valence-corrected chi connectivity index (χ4v) is 1.46. The van der Waals surface area contributed by atoms with E-state index >= 15 is 0 Å². The van der Waals surface area contributed by atoms with E-state index in [0.29, 0.717) is 0 Å². The fraction of sp³-hybridized carbons (Fsp3) is 0.909. The molecule has 0 fully saturated rings. The number of hydrogen-bond acceptors (Lipinski definition) is 2. The summed E-state index contributed by atoms with van der Waals surface area (Å²) in [6.07, 6.45) is 6.18. The molecule has 0 bridgehead atoms. The standard InChI is InChI=1S/C11H22N2/c1-4-11(2,3)13-10-8-6-5-7-9-12-10/h4-9H2,1-3H3,(H,12,13). The lowest BCUT2D eigenvalue weighted by Crippen LogP contribution is -2.42. The van der Waals surface area contributed by atoms with E-state index in [4.69, 9.17) is 0 Å². The molecule has 0 saturated carbocycles. The van der Waals surface area contributed by atoms with E-state index in [-0.39, 0.29) is 5.54 Å². The molecule has 0 aromatic carbocycles. The highest BCUT2D eigenvalue weighted by Gasteiger charge is 2.16. The Kier molecular flexibility index (Phi) is 3.76. The van der Waals surface area contributed by atoms with Crippen molar-refractivity contribution in [3.63, 3.8) is 0 Å². The largest absolute Gasteiger partial charge is 0.369 e. The van der Waals surface area contributed by atoms with Crippen LogP contribution in [-0.4, -0.2) is 17.9 Å². The SMILES string of the molecule is CCC(C)(C)NC1=NCCCCC1. The van der Waals surface area contributed by atoms with Crippen LogP contribution in [0, 0.1) is 0 Å². The van der Waals surface area contributed by atoms with Crippen molar-refractivity contribution in [3.05, 3.63) is 0 Å². The zero-order valence-corrected chi connectivity index (χ0v) is 9.19. The van der Waals surface area contributed by atoms with Crippen LogP contribution in [0.1, 0.15) is 52.9 Å². The van der Waals surface area contributed by atoms with Gasteiger partial charge >= 0.3 is 0 Å². The Morgan fingerprint density at radius 3 is 2.77 bits per heavy atom. The lowest BCUT2D eigenvalue weighted by atomic mass is 10.0. The van der Waals surface area contributed by atoms with Crippen LogP contribution < -0.4 is 5.32 Å². The topological polar surface area (TPSA) is 24.4 Å². The first-order chi connectivity index (χ1) is 6.14. The molecular formula is C11H22N2. The highest BCUT2D eigenvalue weighted by atomic mass is 15.0. The molecule has 0 radical (unpaired) electrons. The van der Waals surface area contributed by atoms with E-state index in [1.807, 2.05) is 0 Å². The van der Waals surface area contributed by atoms with E-state index in [0.717, 1.165) is 19.4 Å². The molecule has 76 valence electrons. The average molecular weight is 182 g/mol. The summed E-state index contributed by atoms with van der Waals surface area (Å²) in [7, 11) is 0. The van der Waals surface area contributed by atoms with Crippen molar-refractivity contribution in [1.82, 2.24) is 5.32 Å². The molecule has 0 unspecified atom stereocenters. The van der Waals surface area contributed by atoms with Gasteiger partial charge in [-0.05, 0) is 33.1 Å². The summed E-state index contributed by atoms with van der Waals surface area (Å²) in [4.78, 5) is 4.56. The smallest absolute Gasteiger partial charge is 0.0967 e. The summed E-state index contributed by atoms with van der Waals surface area (Å²) in [5.74, 6) is 1.23. The lowest BCUT2D eigenvalue weighted by Gasteiger charge is -2.26. The normalized spacial score (nSPS) is 19.2. The molecule has 0 aliphatic carbocycles. The van der Waals surface area contributed by atoms with Gasteiger partial charge in [0.15, 0.2) is 0 Å². The Bertz CT molecular complexity index is 183. The van der Waals surface area contributed by atoms with Gasteiger partial charge in [-0.25, -0.2) is 0 Å². The molecule has 2 heteroatoms. The molecule has 1 rings (SSSR count). The molecule has 0 atom stereocenters. The van der Waals surface area contributed by atoms with E-state index in [9.17, 15) is 0 Å². The quantitative estimate of drug-likeness (QED) is 0.697. The number of rotatable bonds is 2. The highest BCUT2D eigenvalue weighted by molar-refractivity contribution is 5.82. The first-order valence-corrected chi connectivity index (χ1v) is 5.45. The van der Waals surface area contributed by atoms with Gasteiger partial charge in [-0.3, -0.25) is 4.99 Å². The van der Waals surface area contributed by atoms with Gasteiger partial charge in [0.25, 0.3) is 0 Å². The van der Waals surface area contributed by atoms with Crippen molar-refractivity contribution < 1.29 is 0 Å². The van der Waals surface area contributed by atoms with Crippen LogP contribution in [-0.2, 0) is 0 Å². The van der Waals surface area contributed by atoms with Gasteiger partial charge in [-0.2, -0.15) is 0 Å². The van der Waals surface area contributed by atoms with E-state index in [2.05, 4.69) is 31.1 Å². The second-order valence-electron chi connectivity index (χ2n) is 4.50. The first-order valence-electron chi connectivity index (χ1n) is 5.45. The van der Waals surface area contributed by atoms with Crippen LogP contribution in [0.25, 0.3) is 0 Å². The summed E-state index contributed by atoms with van der Waals surface area (Å²) >= 11 is 0. The van der Waals surface area contributed by atoms with E-state index in [1.54, 1.807) is 0 Å². The summed E-state index contributed by atoms with van der Waals surface area (Å²) < 4.78 is 0. The van der Waals surface area contributed by atoms with Crippen LogP contribution >= 0.6 is 0 Å². The Balaban J connectivity index is 2.46. The summed E-state index contributed by atoms with van der Waals surface area (Å²) in [6, 6.07) is 0. The lowest BCUT2D eigenvalue weighted by molar-refractivity contribution is 0.441. The van der Waals surface area contributed by atoms with Crippen LogP contribution in [0.15, 0.2) is 4.99 Å². The van der Waals surface area contributed by atoms with Gasteiger partial charge in [0.2, 0.25) is 0 Å². The zero-order chi connectivity index (χ0) is 9.73. The zero-order valence-electron chi connectivity index (χ0n) is 9.19. The Morgan fingerprint density at radius 1 is 1.31 bits per heavy atom. The monoisotopic (exact) mass is 182 g/mol. The second-order valence-corrected chi connectivity index (χ2v) is 4.50. The van der Waals surface area contributed by atoms with Gasteiger partial charge in [0.05, 0.1) is 5.84 Å². The Hall–Kier alpha value is -0.530. The van der Waals surface area contributed by atoms with Gasteiger partial charge < -0.3 is 5.32 Å². The van der Waals surface area contributed by atoms with Crippen molar-refractivity contribution in [3.8, 4) is 0 Å². The fourth-order valence-electron chi connectivity index (χ4n) is 1.46. The van der Waals surface area contributed by atoms with E-state index in [1.165, 1.54) is 25.1 Å². The van der Waals surface area contributed by atoms with Crippen molar-refractivity contribution in [2.75, 3.05) is 6.54 Å². The van der Waals surface area contributed by atoms with Crippen molar-refractivity contribution in [2.24, 2.45) is 4.99 Å². The molecule has 13 heavy (non-hydrogen) atoms. The van der Waals surface area contributed by atoms with Crippen LogP contribution in [0.4, 0.5) is 0 Å². The number of aliphatic imine (C=N–C) groups is 1. The van der Waals surface area contributed by atoms with Crippen molar-refractivity contribution in [1.29, 1.82) is 0 Å². The number of hydrogen-bond donors (Lipinski definition) is 1. The van der Waals surface area contributed by atoms with Gasteiger partial charge in [0.1, 0.15) is 0 Å². The molecule has 1 aliphatic heterocycles. The third-order valence-corrected chi connectivity index (χ3v) is 2.74. The third-order valence-electron chi connectivity index (χ3n) is 2.74. The Labute approximate surface area is 81.8 Å². The average Bonchev–Trinajstić information content (AvgIpc) is 2.32. The van der Waals surface area contributed by atoms with Crippen LogP contribution in [0.3, 0.4) is 0 Å². The summed E-state index contributed by atoms with van der Waals surface area (Å²) in [5, 5.41) is 3.53. The second kappa shape index (κ2) is 4.64. The molecule has 1 aliphatic rings. The minimum atomic E-state index is 0.211. The third kappa shape index (κ3) is 3.79. The summed E-state index contributed by atoms with van der Waals surface area (Å²) in [6.45, 7) is 7.70.